The van der Waals surface area contributed by atoms with Gasteiger partial charge in [0.1, 0.15) is 17.6 Å². The lowest BCUT2D eigenvalue weighted by Crippen LogP contribution is -2.46. The number of aryl methyl sites for hydroxylation is 1. The van der Waals surface area contributed by atoms with Crippen LogP contribution in [0.5, 0.6) is 17.2 Å². The molecule has 0 radical (unpaired) electrons. The summed E-state index contributed by atoms with van der Waals surface area (Å²) in [6.45, 7) is 7.12. The van der Waals surface area contributed by atoms with E-state index in [-0.39, 0.29) is 6.04 Å². The maximum absolute atomic E-state index is 9.61. The Morgan fingerprint density at radius 2 is 1.88 bits per heavy atom. The number of benzene rings is 2. The van der Waals surface area contributed by atoms with Gasteiger partial charge >= 0.3 is 0 Å². The lowest BCUT2D eigenvalue weighted by molar-refractivity contribution is 0.337. The zero-order valence-electron chi connectivity index (χ0n) is 18.9. The van der Waals surface area contributed by atoms with Gasteiger partial charge < -0.3 is 24.4 Å². The van der Waals surface area contributed by atoms with Crippen LogP contribution in [0, 0.1) is 18.3 Å². The van der Waals surface area contributed by atoms with Crippen molar-refractivity contribution in [1.82, 2.24) is 10.3 Å². The number of hydrogen-bond acceptors (Lipinski definition) is 7. The van der Waals surface area contributed by atoms with E-state index in [1.807, 2.05) is 25.1 Å². The molecule has 1 unspecified atom stereocenters. The van der Waals surface area contributed by atoms with Crippen molar-refractivity contribution < 1.29 is 14.2 Å². The Balaban J connectivity index is 1.71. The van der Waals surface area contributed by atoms with Gasteiger partial charge in [-0.25, -0.2) is 4.98 Å². The summed E-state index contributed by atoms with van der Waals surface area (Å²) < 4.78 is 16.7. The lowest BCUT2D eigenvalue weighted by atomic mass is 10.0. The summed E-state index contributed by atoms with van der Waals surface area (Å²) in [5, 5.41) is 14.9. The minimum atomic E-state index is 0.158. The Bertz CT molecular complexity index is 1170. The summed E-state index contributed by atoms with van der Waals surface area (Å²) in [5.74, 6) is 2.97. The van der Waals surface area contributed by atoms with Gasteiger partial charge in [-0.2, -0.15) is 5.26 Å². The van der Waals surface area contributed by atoms with E-state index in [1.165, 1.54) is 5.56 Å². The number of fused-ring (bicyclic) bond motifs is 1. The van der Waals surface area contributed by atoms with Crippen LogP contribution in [0.15, 0.2) is 36.5 Å². The second-order valence-corrected chi connectivity index (χ2v) is 7.77. The zero-order chi connectivity index (χ0) is 22.7. The predicted molar refractivity (Wildman–Crippen MR) is 125 cm³/mol. The van der Waals surface area contributed by atoms with Crippen molar-refractivity contribution in [3.63, 3.8) is 0 Å². The average molecular weight is 433 g/mol. The summed E-state index contributed by atoms with van der Waals surface area (Å²) in [7, 11) is 3.21. The highest BCUT2D eigenvalue weighted by Gasteiger charge is 2.25. The number of nitrogens with zero attached hydrogens (tertiary/aromatic N) is 3. The molecule has 0 amide bonds. The van der Waals surface area contributed by atoms with Crippen LogP contribution in [-0.4, -0.2) is 45.4 Å². The molecule has 1 aliphatic rings. The van der Waals surface area contributed by atoms with E-state index in [9.17, 15) is 5.26 Å². The molecule has 2 aromatic carbocycles. The van der Waals surface area contributed by atoms with E-state index >= 15 is 0 Å². The highest BCUT2D eigenvalue weighted by Crippen LogP contribution is 2.38. The molecule has 2 heterocycles. The van der Waals surface area contributed by atoms with Crippen LogP contribution in [0.4, 0.5) is 5.82 Å². The minimum Gasteiger partial charge on any atom is -0.494 e. The maximum Gasteiger partial charge on any atom is 0.161 e. The van der Waals surface area contributed by atoms with Gasteiger partial charge in [0.25, 0.3) is 0 Å². The summed E-state index contributed by atoms with van der Waals surface area (Å²) >= 11 is 0. The van der Waals surface area contributed by atoms with Crippen LogP contribution >= 0.6 is 0 Å². The molecular formula is C25H28N4O3. The molecule has 1 saturated heterocycles. The molecule has 7 heteroatoms. The lowest BCUT2D eigenvalue weighted by Gasteiger charge is -2.35. The number of ether oxygens (including phenoxy) is 3. The second kappa shape index (κ2) is 9.33. The summed E-state index contributed by atoms with van der Waals surface area (Å²) in [6, 6.07) is 12.5. The van der Waals surface area contributed by atoms with Crippen molar-refractivity contribution in [3.05, 3.63) is 53.2 Å². The van der Waals surface area contributed by atoms with Crippen molar-refractivity contribution in [2.24, 2.45) is 0 Å². The molecule has 3 aromatic rings. The largest absolute Gasteiger partial charge is 0.494 e. The highest BCUT2D eigenvalue weighted by atomic mass is 16.5. The Kier molecular flexibility index (Phi) is 6.33. The van der Waals surface area contributed by atoms with Crippen molar-refractivity contribution in [1.29, 1.82) is 5.26 Å². The van der Waals surface area contributed by atoms with Crippen LogP contribution in [0.2, 0.25) is 0 Å². The van der Waals surface area contributed by atoms with E-state index in [2.05, 4.69) is 40.3 Å². The molecule has 0 aliphatic carbocycles. The molecule has 7 nitrogen and oxygen atoms in total. The topological polar surface area (TPSA) is 79.6 Å². The maximum atomic E-state index is 9.61. The van der Waals surface area contributed by atoms with E-state index in [0.717, 1.165) is 47.5 Å². The van der Waals surface area contributed by atoms with Crippen molar-refractivity contribution in [2.45, 2.75) is 19.9 Å². The van der Waals surface area contributed by atoms with Crippen LogP contribution in [0.3, 0.4) is 0 Å². The molecule has 0 bridgehead atoms. The first-order valence-corrected chi connectivity index (χ1v) is 10.8. The Labute approximate surface area is 188 Å². The standard InChI is InChI=1S/C25H28N4O3/c1-5-32-22-7-6-17(10-16(22)2)21-15-29(9-8-27-21)25-20-12-24(31-4)23(30-3)11-19(20)18(13-26)14-28-25/h6-7,10-12,14,21,27H,5,8-9,15H2,1-4H3. The van der Waals surface area contributed by atoms with Crippen molar-refractivity contribution in [2.75, 3.05) is 45.4 Å². The molecule has 0 spiro atoms. The molecular weight excluding hydrogens is 404 g/mol. The molecule has 166 valence electrons. The number of aromatic nitrogens is 1. The van der Waals surface area contributed by atoms with E-state index in [1.54, 1.807) is 20.4 Å². The quantitative estimate of drug-likeness (QED) is 0.631. The first-order chi connectivity index (χ1) is 15.6. The van der Waals surface area contributed by atoms with E-state index in [0.29, 0.717) is 23.7 Å². The fraction of sp³-hybridized carbons (Fsp3) is 0.360. The number of nitrogens with one attached hydrogen (secondary N) is 1. The van der Waals surface area contributed by atoms with Gasteiger partial charge in [0.2, 0.25) is 0 Å². The summed E-state index contributed by atoms with van der Waals surface area (Å²) in [6.07, 6.45) is 1.64. The molecule has 1 fully saturated rings. The molecule has 32 heavy (non-hydrogen) atoms. The number of rotatable bonds is 6. The number of hydrogen-bond donors (Lipinski definition) is 1. The number of piperazine rings is 1. The molecule has 1 N–H and O–H groups in total. The molecule has 1 atom stereocenters. The van der Waals surface area contributed by atoms with Crippen LogP contribution in [0.1, 0.15) is 29.7 Å². The minimum absolute atomic E-state index is 0.158. The van der Waals surface area contributed by atoms with Gasteiger partial charge in [0, 0.05) is 42.6 Å². The third-order valence-corrected chi connectivity index (χ3v) is 5.87. The van der Waals surface area contributed by atoms with Gasteiger partial charge in [0.05, 0.1) is 26.4 Å². The SMILES string of the molecule is CCOc1ccc(C2CN(c3ncc(C#N)c4cc(OC)c(OC)cc34)CCN2)cc1C. The van der Waals surface area contributed by atoms with Crippen LogP contribution in [0.25, 0.3) is 10.8 Å². The van der Waals surface area contributed by atoms with Gasteiger partial charge in [-0.3, -0.25) is 0 Å². The normalized spacial score (nSPS) is 16.0. The molecule has 4 rings (SSSR count). The first-order valence-electron chi connectivity index (χ1n) is 10.8. The van der Waals surface area contributed by atoms with Gasteiger partial charge in [-0.15, -0.1) is 0 Å². The van der Waals surface area contributed by atoms with E-state index < -0.39 is 0 Å². The summed E-state index contributed by atoms with van der Waals surface area (Å²) in [5.41, 5.74) is 2.86. The monoisotopic (exact) mass is 432 g/mol. The molecule has 1 aliphatic heterocycles. The highest BCUT2D eigenvalue weighted by molar-refractivity contribution is 5.98. The van der Waals surface area contributed by atoms with Gasteiger partial charge in [0.15, 0.2) is 11.5 Å². The molecule has 0 saturated carbocycles. The zero-order valence-corrected chi connectivity index (χ0v) is 18.9. The van der Waals surface area contributed by atoms with Crippen LogP contribution in [-0.2, 0) is 0 Å². The number of nitriles is 1. The van der Waals surface area contributed by atoms with E-state index in [4.69, 9.17) is 14.2 Å². The van der Waals surface area contributed by atoms with Crippen molar-refractivity contribution >= 4 is 16.6 Å². The first kappa shape index (κ1) is 21.7. The fourth-order valence-corrected chi connectivity index (χ4v) is 4.27. The third kappa shape index (κ3) is 4.02. The number of anilines is 1. The van der Waals surface area contributed by atoms with Crippen LogP contribution < -0.4 is 24.4 Å². The second-order valence-electron chi connectivity index (χ2n) is 7.77. The summed E-state index contributed by atoms with van der Waals surface area (Å²) in [4.78, 5) is 6.94. The van der Waals surface area contributed by atoms with Gasteiger partial charge in [-0.1, -0.05) is 12.1 Å². The smallest absolute Gasteiger partial charge is 0.161 e. The Hall–Kier alpha value is -3.50. The van der Waals surface area contributed by atoms with Crippen molar-refractivity contribution in [3.8, 4) is 23.3 Å². The predicted octanol–water partition coefficient (Wildman–Crippen LogP) is 3.98. The average Bonchev–Trinajstić information content (AvgIpc) is 2.83. The Morgan fingerprint density at radius 3 is 2.53 bits per heavy atom. The fourth-order valence-electron chi connectivity index (χ4n) is 4.27. The number of methoxy groups -OCH3 is 2. The van der Waals surface area contributed by atoms with Gasteiger partial charge in [-0.05, 0) is 43.2 Å². The third-order valence-electron chi connectivity index (χ3n) is 5.87. The molecule has 1 aromatic heterocycles. The number of pyridine rings is 1. The Morgan fingerprint density at radius 1 is 1.12 bits per heavy atom.